The lowest BCUT2D eigenvalue weighted by atomic mass is 10.1. The number of nitrogens with zero attached hydrogens (tertiary/aromatic N) is 2. The maximum atomic E-state index is 12.4. The van der Waals surface area contributed by atoms with Crippen molar-refractivity contribution in [2.24, 2.45) is 11.8 Å². The second-order valence-corrected chi connectivity index (χ2v) is 5.57. The van der Waals surface area contributed by atoms with Gasteiger partial charge in [0.25, 0.3) is 0 Å². The Kier molecular flexibility index (Phi) is 5.75. The van der Waals surface area contributed by atoms with Crippen LogP contribution in [0.2, 0.25) is 0 Å². The zero-order valence-electron chi connectivity index (χ0n) is 11.6. The Bertz CT molecular complexity index is 226. The highest BCUT2D eigenvalue weighted by atomic mass is 16.5. The van der Waals surface area contributed by atoms with E-state index in [1.54, 1.807) is 0 Å². The average molecular weight is 242 g/mol. The van der Waals surface area contributed by atoms with Crippen LogP contribution >= 0.6 is 0 Å². The van der Waals surface area contributed by atoms with Gasteiger partial charge in [-0.2, -0.15) is 0 Å². The van der Waals surface area contributed by atoms with Gasteiger partial charge in [0, 0.05) is 26.2 Å². The van der Waals surface area contributed by atoms with Crippen LogP contribution in [-0.4, -0.2) is 55.2 Å². The Labute approximate surface area is 105 Å². The van der Waals surface area contributed by atoms with Crippen LogP contribution in [0.4, 0.5) is 4.79 Å². The maximum Gasteiger partial charge on any atom is 0.320 e. The molecule has 1 saturated heterocycles. The predicted octanol–water partition coefficient (Wildman–Crippen LogP) is 2.05. The summed E-state index contributed by atoms with van der Waals surface area (Å²) < 4.78 is 5.28. The zero-order valence-corrected chi connectivity index (χ0v) is 11.6. The first-order valence-electron chi connectivity index (χ1n) is 6.62. The Morgan fingerprint density at radius 3 is 2.00 bits per heavy atom. The Morgan fingerprint density at radius 2 is 1.59 bits per heavy atom. The summed E-state index contributed by atoms with van der Waals surface area (Å²) in [6.45, 7) is 13.1. The number of urea groups is 1. The van der Waals surface area contributed by atoms with Crippen LogP contribution in [0.5, 0.6) is 0 Å². The van der Waals surface area contributed by atoms with Crippen molar-refractivity contribution in [3.8, 4) is 0 Å². The number of hydrogen-bond donors (Lipinski definition) is 0. The smallest absolute Gasteiger partial charge is 0.320 e. The minimum absolute atomic E-state index is 0.177. The molecule has 1 aliphatic heterocycles. The quantitative estimate of drug-likeness (QED) is 0.756. The summed E-state index contributed by atoms with van der Waals surface area (Å²) >= 11 is 0. The molecule has 100 valence electrons. The molecule has 0 unspecified atom stereocenters. The second kappa shape index (κ2) is 6.84. The SMILES string of the molecule is CC(C)CN(CC(C)C)C(=O)N1CCOCC1. The second-order valence-electron chi connectivity index (χ2n) is 5.57. The van der Waals surface area contributed by atoms with Crippen molar-refractivity contribution in [3.05, 3.63) is 0 Å². The molecule has 1 rings (SSSR count). The third-order valence-corrected chi connectivity index (χ3v) is 2.72. The summed E-state index contributed by atoms with van der Waals surface area (Å²) in [6.07, 6.45) is 0. The number of amides is 2. The fraction of sp³-hybridized carbons (Fsp3) is 0.923. The number of carbonyl (C=O) groups is 1. The maximum absolute atomic E-state index is 12.4. The molecule has 0 radical (unpaired) electrons. The largest absolute Gasteiger partial charge is 0.378 e. The molecular formula is C13H26N2O2. The predicted molar refractivity (Wildman–Crippen MR) is 69.0 cm³/mol. The van der Waals surface area contributed by atoms with E-state index in [9.17, 15) is 4.79 Å². The molecule has 0 aromatic heterocycles. The molecule has 0 N–H and O–H groups in total. The molecule has 0 atom stereocenters. The highest BCUT2D eigenvalue weighted by Crippen LogP contribution is 2.09. The van der Waals surface area contributed by atoms with Gasteiger partial charge in [-0.15, -0.1) is 0 Å². The Balaban J connectivity index is 2.56. The average Bonchev–Trinajstić information content (AvgIpc) is 2.27. The van der Waals surface area contributed by atoms with Gasteiger partial charge in [-0.1, -0.05) is 27.7 Å². The van der Waals surface area contributed by atoms with Crippen LogP contribution in [-0.2, 0) is 4.74 Å². The summed E-state index contributed by atoms with van der Waals surface area (Å²) in [5.74, 6) is 1.03. The molecule has 0 spiro atoms. The number of rotatable bonds is 4. The van der Waals surface area contributed by atoms with Gasteiger partial charge in [0.1, 0.15) is 0 Å². The lowest BCUT2D eigenvalue weighted by molar-refractivity contribution is 0.0413. The van der Waals surface area contributed by atoms with Gasteiger partial charge in [-0.25, -0.2) is 4.79 Å². The van der Waals surface area contributed by atoms with E-state index in [4.69, 9.17) is 4.74 Å². The van der Waals surface area contributed by atoms with E-state index in [0.29, 0.717) is 25.0 Å². The summed E-state index contributed by atoms with van der Waals surface area (Å²) in [4.78, 5) is 16.3. The summed E-state index contributed by atoms with van der Waals surface area (Å²) in [5.41, 5.74) is 0. The lowest BCUT2D eigenvalue weighted by Crippen LogP contribution is -2.50. The van der Waals surface area contributed by atoms with Gasteiger partial charge in [0.15, 0.2) is 0 Å². The van der Waals surface area contributed by atoms with E-state index in [2.05, 4.69) is 27.7 Å². The molecule has 0 aliphatic carbocycles. The van der Waals surface area contributed by atoms with Crippen molar-refractivity contribution in [2.45, 2.75) is 27.7 Å². The van der Waals surface area contributed by atoms with E-state index in [0.717, 1.165) is 26.2 Å². The fourth-order valence-electron chi connectivity index (χ4n) is 2.07. The molecule has 2 amide bonds. The van der Waals surface area contributed by atoms with Crippen molar-refractivity contribution >= 4 is 6.03 Å². The van der Waals surface area contributed by atoms with E-state index in [-0.39, 0.29) is 6.03 Å². The molecule has 0 saturated carbocycles. The zero-order chi connectivity index (χ0) is 12.8. The molecule has 1 fully saturated rings. The van der Waals surface area contributed by atoms with Crippen LogP contribution in [0.25, 0.3) is 0 Å². The molecule has 0 aromatic rings. The third-order valence-electron chi connectivity index (χ3n) is 2.72. The van der Waals surface area contributed by atoms with Crippen molar-refractivity contribution < 1.29 is 9.53 Å². The van der Waals surface area contributed by atoms with Crippen LogP contribution in [0, 0.1) is 11.8 Å². The standard InChI is InChI=1S/C13H26N2O2/c1-11(2)9-15(10-12(3)4)13(16)14-5-7-17-8-6-14/h11-12H,5-10H2,1-4H3. The molecule has 0 aromatic carbocycles. The summed E-state index contributed by atoms with van der Waals surface area (Å²) in [5, 5.41) is 0. The molecular weight excluding hydrogens is 216 g/mol. The van der Waals surface area contributed by atoms with Crippen molar-refractivity contribution in [3.63, 3.8) is 0 Å². The van der Waals surface area contributed by atoms with Crippen molar-refractivity contribution in [1.29, 1.82) is 0 Å². The third kappa shape index (κ3) is 4.94. The Morgan fingerprint density at radius 1 is 1.12 bits per heavy atom. The van der Waals surface area contributed by atoms with Gasteiger partial charge in [0.05, 0.1) is 13.2 Å². The number of ether oxygens (including phenoxy) is 1. The molecule has 4 nitrogen and oxygen atoms in total. The minimum atomic E-state index is 0.177. The number of hydrogen-bond acceptors (Lipinski definition) is 2. The van der Waals surface area contributed by atoms with E-state index in [1.807, 2.05) is 9.80 Å². The van der Waals surface area contributed by atoms with Crippen LogP contribution < -0.4 is 0 Å². The first kappa shape index (κ1) is 14.3. The minimum Gasteiger partial charge on any atom is -0.378 e. The first-order valence-corrected chi connectivity index (χ1v) is 6.62. The normalized spacial score (nSPS) is 16.7. The molecule has 17 heavy (non-hydrogen) atoms. The van der Waals surface area contributed by atoms with Gasteiger partial charge in [-0.05, 0) is 11.8 Å². The molecule has 4 heteroatoms. The molecule has 1 heterocycles. The number of carbonyl (C=O) groups excluding carboxylic acids is 1. The molecule has 0 bridgehead atoms. The topological polar surface area (TPSA) is 32.8 Å². The highest BCUT2D eigenvalue weighted by Gasteiger charge is 2.23. The van der Waals surface area contributed by atoms with E-state index >= 15 is 0 Å². The highest BCUT2D eigenvalue weighted by molar-refractivity contribution is 5.74. The molecule has 1 aliphatic rings. The Hall–Kier alpha value is -0.770. The van der Waals surface area contributed by atoms with Gasteiger partial charge < -0.3 is 14.5 Å². The van der Waals surface area contributed by atoms with Gasteiger partial charge in [-0.3, -0.25) is 0 Å². The van der Waals surface area contributed by atoms with E-state index in [1.165, 1.54) is 0 Å². The van der Waals surface area contributed by atoms with Gasteiger partial charge in [0.2, 0.25) is 0 Å². The fourth-order valence-corrected chi connectivity index (χ4v) is 2.07. The lowest BCUT2D eigenvalue weighted by Gasteiger charge is -2.34. The monoisotopic (exact) mass is 242 g/mol. The summed E-state index contributed by atoms with van der Waals surface area (Å²) in [6, 6.07) is 0.177. The van der Waals surface area contributed by atoms with Crippen LogP contribution in [0.15, 0.2) is 0 Å². The van der Waals surface area contributed by atoms with Crippen molar-refractivity contribution in [1.82, 2.24) is 9.80 Å². The summed E-state index contributed by atoms with van der Waals surface area (Å²) in [7, 11) is 0. The van der Waals surface area contributed by atoms with Crippen LogP contribution in [0.3, 0.4) is 0 Å². The van der Waals surface area contributed by atoms with Gasteiger partial charge >= 0.3 is 6.03 Å². The van der Waals surface area contributed by atoms with E-state index < -0.39 is 0 Å². The first-order chi connectivity index (χ1) is 8.00. The number of morpholine rings is 1. The van der Waals surface area contributed by atoms with Crippen LogP contribution in [0.1, 0.15) is 27.7 Å². The van der Waals surface area contributed by atoms with Crippen molar-refractivity contribution in [2.75, 3.05) is 39.4 Å².